The van der Waals surface area contributed by atoms with E-state index in [4.69, 9.17) is 4.42 Å². The molecule has 0 fully saturated rings. The van der Waals surface area contributed by atoms with Crippen molar-refractivity contribution in [1.82, 2.24) is 30.2 Å². The number of H-pyrrole nitrogens is 1. The molecule has 1 aromatic carbocycles. The van der Waals surface area contributed by atoms with Crippen LogP contribution in [-0.4, -0.2) is 36.1 Å². The van der Waals surface area contributed by atoms with Gasteiger partial charge in [-0.05, 0) is 37.3 Å². The first-order valence-electron chi connectivity index (χ1n) is 7.20. The van der Waals surface area contributed by atoms with Crippen LogP contribution in [0.2, 0.25) is 0 Å². The van der Waals surface area contributed by atoms with Gasteiger partial charge in [-0.3, -0.25) is 15.2 Å². The number of furan rings is 1. The summed E-state index contributed by atoms with van der Waals surface area (Å²) in [5.74, 6) is 1.61. The largest absolute Gasteiger partial charge is 0.458 e. The topological polar surface area (TPSA) is 115 Å². The molecule has 0 saturated carbocycles. The number of aromatic nitrogens is 6. The van der Waals surface area contributed by atoms with Crippen LogP contribution >= 0.6 is 0 Å². The van der Waals surface area contributed by atoms with E-state index >= 15 is 0 Å². The number of rotatable bonds is 3. The van der Waals surface area contributed by atoms with Gasteiger partial charge in [0, 0.05) is 12.6 Å². The molecule has 0 atom stereocenters. The molecular weight excluding hydrogens is 310 g/mol. The molecule has 24 heavy (non-hydrogen) atoms. The van der Waals surface area contributed by atoms with E-state index in [0.717, 1.165) is 11.3 Å². The molecule has 120 valence electrons. The molecule has 0 spiro atoms. The summed E-state index contributed by atoms with van der Waals surface area (Å²) >= 11 is 0. The molecule has 0 bridgehead atoms. The zero-order valence-electron chi connectivity index (χ0n) is 12.9. The molecule has 1 amide bonds. The van der Waals surface area contributed by atoms with Crippen molar-refractivity contribution in [3.63, 3.8) is 0 Å². The lowest BCUT2D eigenvalue weighted by atomic mass is 10.2. The van der Waals surface area contributed by atoms with Crippen LogP contribution in [0.25, 0.3) is 22.6 Å². The van der Waals surface area contributed by atoms with Crippen molar-refractivity contribution in [2.45, 2.75) is 6.92 Å². The fourth-order valence-electron chi connectivity index (χ4n) is 2.35. The lowest BCUT2D eigenvalue weighted by Gasteiger charge is -2.00. The van der Waals surface area contributed by atoms with Gasteiger partial charge in [0.2, 0.25) is 5.95 Å². The first-order valence-corrected chi connectivity index (χ1v) is 7.20. The second kappa shape index (κ2) is 5.30. The molecule has 4 rings (SSSR count). The molecule has 0 aliphatic carbocycles. The highest BCUT2D eigenvalue weighted by Gasteiger charge is 2.14. The summed E-state index contributed by atoms with van der Waals surface area (Å²) in [6.07, 6.45) is 0. The van der Waals surface area contributed by atoms with E-state index < -0.39 is 0 Å². The summed E-state index contributed by atoms with van der Waals surface area (Å²) in [6.45, 7) is 1.84. The number of fused-ring (bicyclic) bond motifs is 1. The minimum Gasteiger partial charge on any atom is -0.458 e. The van der Waals surface area contributed by atoms with Crippen LogP contribution < -0.4 is 5.32 Å². The van der Waals surface area contributed by atoms with Crippen LogP contribution in [0, 0.1) is 6.92 Å². The highest BCUT2D eigenvalue weighted by molar-refractivity contribution is 6.05. The highest BCUT2D eigenvalue weighted by atomic mass is 16.3. The van der Waals surface area contributed by atoms with E-state index in [1.165, 1.54) is 0 Å². The first kappa shape index (κ1) is 14.1. The van der Waals surface area contributed by atoms with Gasteiger partial charge in [-0.15, -0.1) is 10.2 Å². The number of carbonyl (C=O) groups is 1. The Kier molecular flexibility index (Phi) is 3.12. The predicted octanol–water partition coefficient (Wildman–Crippen LogP) is 1.91. The van der Waals surface area contributed by atoms with Crippen molar-refractivity contribution >= 4 is 22.9 Å². The average molecular weight is 323 g/mol. The summed E-state index contributed by atoms with van der Waals surface area (Å²) in [5, 5.41) is 17.3. The Labute approximate surface area is 135 Å². The van der Waals surface area contributed by atoms with Gasteiger partial charge in [-0.2, -0.15) is 4.98 Å². The van der Waals surface area contributed by atoms with Gasteiger partial charge >= 0.3 is 0 Å². The maximum atomic E-state index is 12.3. The molecule has 9 heteroatoms. The van der Waals surface area contributed by atoms with Crippen molar-refractivity contribution < 1.29 is 9.21 Å². The third-order valence-corrected chi connectivity index (χ3v) is 3.56. The minimum absolute atomic E-state index is 0.170. The molecule has 3 heterocycles. The number of nitrogens with one attached hydrogen (secondary N) is 2. The third-order valence-electron chi connectivity index (χ3n) is 3.56. The lowest BCUT2D eigenvalue weighted by molar-refractivity contribution is 0.102. The van der Waals surface area contributed by atoms with Crippen LogP contribution in [0.1, 0.15) is 16.1 Å². The molecule has 9 nitrogen and oxygen atoms in total. The molecule has 2 N–H and O–H groups in total. The van der Waals surface area contributed by atoms with E-state index in [9.17, 15) is 4.79 Å². The summed E-state index contributed by atoms with van der Waals surface area (Å²) in [6, 6.07) is 8.76. The van der Waals surface area contributed by atoms with E-state index in [1.54, 1.807) is 36.0 Å². The number of aryl methyl sites for hydroxylation is 2. The monoisotopic (exact) mass is 323 g/mol. The molecule has 0 radical (unpaired) electrons. The van der Waals surface area contributed by atoms with E-state index in [-0.39, 0.29) is 11.9 Å². The van der Waals surface area contributed by atoms with Crippen molar-refractivity contribution in [3.05, 3.63) is 41.7 Å². The summed E-state index contributed by atoms with van der Waals surface area (Å²) in [5.41, 5.74) is 1.94. The van der Waals surface area contributed by atoms with Gasteiger partial charge in [0.1, 0.15) is 11.3 Å². The molecule has 0 aliphatic heterocycles. The van der Waals surface area contributed by atoms with E-state index in [2.05, 4.69) is 30.8 Å². The second-order valence-corrected chi connectivity index (χ2v) is 5.29. The third kappa shape index (κ3) is 2.41. The van der Waals surface area contributed by atoms with E-state index in [0.29, 0.717) is 22.7 Å². The maximum absolute atomic E-state index is 12.3. The average Bonchev–Trinajstić information content (AvgIpc) is 3.28. The number of nitrogens with zero attached hydrogens (tertiary/aromatic N) is 5. The molecule has 0 saturated heterocycles. The standard InChI is InChI=1S/C15H13N7O2/c1-8-3-6-12(24-8)13-16-15(20-19-13)17-14(23)9-4-5-11-10(7-9)18-21-22(11)2/h3-7H,1-2H3,(H2,16,17,19,20,23). The van der Waals surface area contributed by atoms with Crippen molar-refractivity contribution in [1.29, 1.82) is 0 Å². The highest BCUT2D eigenvalue weighted by Crippen LogP contribution is 2.19. The SMILES string of the molecule is Cc1ccc(-c2nc(NC(=O)c3ccc4c(c3)nnn4C)n[nH]2)o1. The zero-order chi connectivity index (χ0) is 16.7. The molecule has 4 aromatic rings. The Hall–Kier alpha value is -3.49. The Bertz CT molecular complexity index is 1040. The summed E-state index contributed by atoms with van der Waals surface area (Å²) in [7, 11) is 1.79. The number of amides is 1. The second-order valence-electron chi connectivity index (χ2n) is 5.29. The number of hydrogen-bond donors (Lipinski definition) is 2. The number of benzene rings is 1. The fraction of sp³-hybridized carbons (Fsp3) is 0.133. The normalized spacial score (nSPS) is 11.1. The van der Waals surface area contributed by atoms with E-state index in [1.807, 2.05) is 13.0 Å². The van der Waals surface area contributed by atoms with Crippen LogP contribution in [0.4, 0.5) is 5.95 Å². The molecule has 3 aromatic heterocycles. The van der Waals surface area contributed by atoms with Crippen molar-refractivity contribution in [3.8, 4) is 11.6 Å². The van der Waals surface area contributed by atoms with Gasteiger partial charge in [0.15, 0.2) is 11.6 Å². The van der Waals surface area contributed by atoms with Crippen molar-refractivity contribution in [2.75, 3.05) is 5.32 Å². The predicted molar refractivity (Wildman–Crippen MR) is 85.3 cm³/mol. The smallest absolute Gasteiger partial charge is 0.258 e. The Morgan fingerprint density at radius 3 is 2.96 bits per heavy atom. The number of aromatic amines is 1. The van der Waals surface area contributed by atoms with Gasteiger partial charge in [-0.25, -0.2) is 4.68 Å². The van der Waals surface area contributed by atoms with Crippen LogP contribution in [0.5, 0.6) is 0 Å². The summed E-state index contributed by atoms with van der Waals surface area (Å²) in [4.78, 5) is 16.5. The van der Waals surface area contributed by atoms with Gasteiger partial charge < -0.3 is 4.42 Å². The van der Waals surface area contributed by atoms with Gasteiger partial charge in [-0.1, -0.05) is 5.21 Å². The van der Waals surface area contributed by atoms with Crippen molar-refractivity contribution in [2.24, 2.45) is 7.05 Å². The van der Waals surface area contributed by atoms with Crippen LogP contribution in [0.15, 0.2) is 34.7 Å². The number of carbonyl (C=O) groups excluding carboxylic acids is 1. The minimum atomic E-state index is -0.330. The Morgan fingerprint density at radius 1 is 1.29 bits per heavy atom. The number of anilines is 1. The molecule has 0 aliphatic rings. The van der Waals surface area contributed by atoms with Crippen LogP contribution in [-0.2, 0) is 7.05 Å². The number of hydrogen-bond acceptors (Lipinski definition) is 6. The Balaban J connectivity index is 1.55. The van der Waals surface area contributed by atoms with Crippen LogP contribution in [0.3, 0.4) is 0 Å². The fourth-order valence-corrected chi connectivity index (χ4v) is 2.35. The lowest BCUT2D eigenvalue weighted by Crippen LogP contribution is -2.13. The molecule has 0 unspecified atom stereocenters. The quantitative estimate of drug-likeness (QED) is 0.595. The van der Waals surface area contributed by atoms with Gasteiger partial charge in [0.25, 0.3) is 5.91 Å². The molecular formula is C15H13N7O2. The first-order chi connectivity index (χ1) is 11.6. The zero-order valence-corrected chi connectivity index (χ0v) is 12.9. The van der Waals surface area contributed by atoms with Gasteiger partial charge in [0.05, 0.1) is 5.52 Å². The summed E-state index contributed by atoms with van der Waals surface area (Å²) < 4.78 is 7.10. The maximum Gasteiger partial charge on any atom is 0.258 e. The Morgan fingerprint density at radius 2 is 2.17 bits per heavy atom.